The summed E-state index contributed by atoms with van der Waals surface area (Å²) in [5.74, 6) is 1.65. The van der Waals surface area contributed by atoms with Gasteiger partial charge < -0.3 is 14.4 Å². The average Bonchev–Trinajstić information content (AvgIpc) is 3.30. The van der Waals surface area contributed by atoms with Gasteiger partial charge >= 0.3 is 0 Å². The van der Waals surface area contributed by atoms with E-state index in [9.17, 15) is 4.79 Å². The maximum absolute atomic E-state index is 12.7. The number of pyridine rings is 1. The molecule has 0 bridgehead atoms. The molecule has 1 atom stereocenters. The highest BCUT2D eigenvalue weighted by Gasteiger charge is 2.32. The van der Waals surface area contributed by atoms with Gasteiger partial charge in [-0.15, -0.1) is 10.2 Å². The third-order valence-corrected chi connectivity index (χ3v) is 5.56. The molecule has 0 spiro atoms. The minimum Gasteiger partial charge on any atom is -0.345 e. The number of anilines is 1. The Morgan fingerprint density at radius 3 is 2.69 bits per heavy atom. The number of hydrogen-bond acceptors (Lipinski definition) is 5. The molecule has 2 aromatic rings. The van der Waals surface area contributed by atoms with Crippen molar-refractivity contribution < 1.29 is 4.79 Å². The molecular weight excluding hydrogens is 352 g/mol. The van der Waals surface area contributed by atoms with E-state index in [1.807, 2.05) is 16.5 Å². The summed E-state index contributed by atoms with van der Waals surface area (Å²) in [6, 6.07) is 1.86. The Bertz CT molecular complexity index is 801. The van der Waals surface area contributed by atoms with E-state index in [4.69, 9.17) is 11.6 Å². The summed E-state index contributed by atoms with van der Waals surface area (Å²) >= 11 is 6.54. The highest BCUT2D eigenvalue weighted by Crippen LogP contribution is 2.37. The molecule has 2 fully saturated rings. The van der Waals surface area contributed by atoms with Crippen LogP contribution >= 0.6 is 11.6 Å². The van der Waals surface area contributed by atoms with Gasteiger partial charge in [0.05, 0.1) is 16.6 Å². The number of aromatic nitrogens is 4. The predicted molar refractivity (Wildman–Crippen MR) is 99.3 cm³/mol. The summed E-state index contributed by atoms with van der Waals surface area (Å²) in [7, 11) is 1.95. The number of nitrogens with zero attached hydrogens (tertiary/aromatic N) is 6. The number of rotatable bonds is 3. The van der Waals surface area contributed by atoms with Gasteiger partial charge in [-0.1, -0.05) is 11.6 Å². The predicted octanol–water partition coefficient (Wildman–Crippen LogP) is 2.83. The van der Waals surface area contributed by atoms with Gasteiger partial charge in [0.2, 0.25) is 0 Å². The molecule has 2 aromatic heterocycles. The first kappa shape index (κ1) is 17.3. The fraction of sp³-hybridized carbons (Fsp3) is 0.556. The van der Waals surface area contributed by atoms with Crippen molar-refractivity contribution in [1.82, 2.24) is 24.6 Å². The van der Waals surface area contributed by atoms with Crippen LogP contribution in [0.3, 0.4) is 0 Å². The first-order chi connectivity index (χ1) is 12.6. The van der Waals surface area contributed by atoms with Crippen molar-refractivity contribution >= 4 is 23.3 Å². The summed E-state index contributed by atoms with van der Waals surface area (Å²) < 4.78 is 1.94. The monoisotopic (exact) mass is 374 g/mol. The lowest BCUT2D eigenvalue weighted by Crippen LogP contribution is -2.35. The van der Waals surface area contributed by atoms with E-state index >= 15 is 0 Å². The third-order valence-electron chi connectivity index (χ3n) is 5.28. The number of aryl methyl sites for hydroxylation is 1. The van der Waals surface area contributed by atoms with E-state index in [0.29, 0.717) is 16.4 Å². The van der Waals surface area contributed by atoms with Crippen molar-refractivity contribution in [1.29, 1.82) is 0 Å². The quantitative estimate of drug-likeness (QED) is 0.826. The molecule has 4 heterocycles. The second-order valence-electron chi connectivity index (χ2n) is 7.03. The van der Waals surface area contributed by atoms with Crippen LogP contribution in [-0.4, -0.2) is 50.2 Å². The van der Waals surface area contributed by atoms with Crippen LogP contribution in [0.5, 0.6) is 0 Å². The molecular formula is C18H23ClN6O. The maximum atomic E-state index is 12.7. The minimum absolute atomic E-state index is 0.0249. The van der Waals surface area contributed by atoms with Gasteiger partial charge in [0.25, 0.3) is 5.91 Å². The summed E-state index contributed by atoms with van der Waals surface area (Å²) in [5.41, 5.74) is 0.565. The first-order valence-electron chi connectivity index (χ1n) is 9.20. The van der Waals surface area contributed by atoms with Gasteiger partial charge in [0.1, 0.15) is 12.1 Å². The van der Waals surface area contributed by atoms with E-state index in [1.165, 1.54) is 6.42 Å². The fourth-order valence-electron chi connectivity index (χ4n) is 3.92. The topological polar surface area (TPSA) is 67.2 Å². The number of halogens is 1. The number of carbonyl (C=O) groups excluding carboxylic acids is 1. The number of amides is 1. The van der Waals surface area contributed by atoms with E-state index < -0.39 is 0 Å². The number of likely N-dealkylation sites (tertiary alicyclic amines) is 1. The molecule has 8 heteroatoms. The van der Waals surface area contributed by atoms with Crippen LogP contribution in [0.1, 0.15) is 54.3 Å². The molecule has 0 aromatic carbocycles. The first-order valence-corrected chi connectivity index (χ1v) is 9.58. The Balaban J connectivity index is 1.57. The molecule has 1 amide bonds. The van der Waals surface area contributed by atoms with Crippen LogP contribution in [-0.2, 0) is 7.05 Å². The molecule has 0 radical (unpaired) electrons. The minimum atomic E-state index is 0.0249. The summed E-state index contributed by atoms with van der Waals surface area (Å²) in [6.45, 7) is 2.50. The van der Waals surface area contributed by atoms with Gasteiger partial charge in [-0.25, -0.2) is 4.98 Å². The van der Waals surface area contributed by atoms with Crippen molar-refractivity contribution in [3.8, 4) is 0 Å². The molecule has 0 unspecified atom stereocenters. The van der Waals surface area contributed by atoms with Crippen molar-refractivity contribution in [2.24, 2.45) is 7.05 Å². The second kappa shape index (κ2) is 7.23. The normalized spacial score (nSPS) is 20.6. The molecule has 0 N–H and O–H groups in total. The molecule has 2 aliphatic heterocycles. The van der Waals surface area contributed by atoms with E-state index in [0.717, 1.165) is 51.1 Å². The summed E-state index contributed by atoms with van der Waals surface area (Å²) in [4.78, 5) is 21.3. The fourth-order valence-corrected chi connectivity index (χ4v) is 4.20. The van der Waals surface area contributed by atoms with Crippen molar-refractivity contribution in [3.05, 3.63) is 35.0 Å². The van der Waals surface area contributed by atoms with Crippen LogP contribution in [0, 0.1) is 0 Å². The van der Waals surface area contributed by atoms with E-state index in [1.54, 1.807) is 18.6 Å². The lowest BCUT2D eigenvalue weighted by molar-refractivity contribution is 0.0724. The number of carbonyl (C=O) groups is 1. The Kier molecular flexibility index (Phi) is 4.80. The number of hydrogen-bond donors (Lipinski definition) is 0. The number of piperidine rings is 1. The summed E-state index contributed by atoms with van der Waals surface area (Å²) in [6.07, 6.45) is 8.73. The maximum Gasteiger partial charge on any atom is 0.255 e. The van der Waals surface area contributed by atoms with Gasteiger partial charge in [-0.05, 0) is 38.2 Å². The Morgan fingerprint density at radius 2 is 2.00 bits per heavy atom. The van der Waals surface area contributed by atoms with Crippen LogP contribution in [0.25, 0.3) is 0 Å². The zero-order chi connectivity index (χ0) is 18.1. The third kappa shape index (κ3) is 3.16. The molecule has 2 saturated heterocycles. The molecule has 0 saturated carbocycles. The van der Waals surface area contributed by atoms with E-state index in [2.05, 4.69) is 20.1 Å². The lowest BCUT2D eigenvalue weighted by Gasteiger charge is -2.28. The van der Waals surface area contributed by atoms with Gasteiger partial charge in [0, 0.05) is 32.9 Å². The average molecular weight is 375 g/mol. The molecule has 26 heavy (non-hydrogen) atoms. The zero-order valence-corrected chi connectivity index (χ0v) is 15.7. The Hall–Kier alpha value is -2.15. The van der Waals surface area contributed by atoms with Crippen LogP contribution in [0.15, 0.2) is 18.6 Å². The van der Waals surface area contributed by atoms with Crippen molar-refractivity contribution in [2.45, 2.75) is 38.1 Å². The molecule has 7 nitrogen and oxygen atoms in total. The van der Waals surface area contributed by atoms with Gasteiger partial charge in [0.15, 0.2) is 5.82 Å². The second-order valence-corrected chi connectivity index (χ2v) is 7.44. The molecule has 2 aliphatic rings. The van der Waals surface area contributed by atoms with Crippen molar-refractivity contribution in [2.75, 3.05) is 24.5 Å². The molecule has 0 aliphatic carbocycles. The smallest absolute Gasteiger partial charge is 0.255 e. The Morgan fingerprint density at radius 1 is 1.19 bits per heavy atom. The SMILES string of the molecule is Cn1cnnc1[C@@H]1CCCN1c1ncc(C(=O)N2CCCCC2)cc1Cl. The highest BCUT2D eigenvalue weighted by atomic mass is 35.5. The van der Waals surface area contributed by atoms with Crippen LogP contribution in [0.4, 0.5) is 5.82 Å². The Labute approximate surface area is 158 Å². The van der Waals surface area contributed by atoms with Gasteiger partial charge in [-0.2, -0.15) is 0 Å². The molecule has 4 rings (SSSR count). The lowest BCUT2D eigenvalue weighted by atomic mass is 10.1. The van der Waals surface area contributed by atoms with E-state index in [-0.39, 0.29) is 11.9 Å². The van der Waals surface area contributed by atoms with Gasteiger partial charge in [-0.3, -0.25) is 4.79 Å². The largest absolute Gasteiger partial charge is 0.345 e. The standard InChI is InChI=1S/C18H23ClN6O/c1-23-12-21-22-17(23)15-6-5-9-25(15)16-14(19)10-13(11-20-16)18(26)24-7-3-2-4-8-24/h10-12,15H,2-9H2,1H3/t15-/m0/s1. The zero-order valence-electron chi connectivity index (χ0n) is 14.9. The highest BCUT2D eigenvalue weighted by molar-refractivity contribution is 6.33. The van der Waals surface area contributed by atoms with Crippen molar-refractivity contribution in [3.63, 3.8) is 0 Å². The summed E-state index contributed by atoms with van der Waals surface area (Å²) in [5, 5.41) is 8.75. The van der Waals surface area contributed by atoms with Crippen LogP contribution in [0.2, 0.25) is 5.02 Å². The molecule has 138 valence electrons. The van der Waals surface area contributed by atoms with Crippen LogP contribution < -0.4 is 4.90 Å².